The summed E-state index contributed by atoms with van der Waals surface area (Å²) >= 11 is 0. The molecule has 0 radical (unpaired) electrons. The summed E-state index contributed by atoms with van der Waals surface area (Å²) in [6.45, 7) is -0.214. The number of hydrogen-bond acceptors (Lipinski definition) is 7. The van der Waals surface area contributed by atoms with Crippen molar-refractivity contribution in [3.8, 4) is 17.2 Å². The van der Waals surface area contributed by atoms with Crippen molar-refractivity contribution in [3.63, 3.8) is 0 Å². The lowest BCUT2D eigenvalue weighted by molar-refractivity contribution is -0.139. The van der Waals surface area contributed by atoms with Gasteiger partial charge in [-0.15, -0.1) is 0 Å². The summed E-state index contributed by atoms with van der Waals surface area (Å²) in [6, 6.07) is 4.54. The Kier molecular flexibility index (Phi) is 6.64. The lowest BCUT2D eigenvalue weighted by Crippen LogP contribution is -2.38. The van der Waals surface area contributed by atoms with Crippen molar-refractivity contribution in [2.45, 2.75) is 6.61 Å². The molecule has 0 aliphatic rings. The lowest BCUT2D eigenvalue weighted by atomic mass is 10.1. The molecule has 1 aromatic carbocycles. The third-order valence-corrected chi connectivity index (χ3v) is 4.12. The molecule has 1 aromatic heterocycles. The number of carbonyl (C=O) groups excluding carboxylic acids is 1. The van der Waals surface area contributed by atoms with Crippen molar-refractivity contribution in [3.05, 3.63) is 56.4 Å². The van der Waals surface area contributed by atoms with Gasteiger partial charge in [0.15, 0.2) is 11.5 Å². The number of ether oxygens (including phenoxy) is 4. The van der Waals surface area contributed by atoms with E-state index in [-0.39, 0.29) is 6.61 Å². The Labute approximate surface area is 161 Å². The summed E-state index contributed by atoms with van der Waals surface area (Å²) in [7, 11) is 7.37. The van der Waals surface area contributed by atoms with Gasteiger partial charge in [-0.05, 0) is 12.1 Å². The highest BCUT2D eigenvalue weighted by Gasteiger charge is 2.11. The molecule has 150 valence electrons. The number of nitrogens with zero attached hydrogens (tertiary/aromatic N) is 2. The molecule has 9 nitrogen and oxygen atoms in total. The standard InChI is InChI=1S/C19H22N2O7/c1-20-13(9-17(22)21(2)19(20)24)11-28-18(23)7-6-12-8-15(26-4)16(27-5)10-14(12)25-3/h6-10H,11H2,1-5H3/b7-6+. The van der Waals surface area contributed by atoms with Crippen LogP contribution in [0.25, 0.3) is 6.08 Å². The molecule has 2 rings (SSSR count). The fourth-order valence-corrected chi connectivity index (χ4v) is 2.45. The zero-order valence-electron chi connectivity index (χ0n) is 16.3. The summed E-state index contributed by atoms with van der Waals surface area (Å²) in [5.74, 6) is 0.803. The van der Waals surface area contributed by atoms with E-state index in [1.807, 2.05) is 0 Å². The molecule has 2 aromatic rings. The monoisotopic (exact) mass is 390 g/mol. The molecule has 28 heavy (non-hydrogen) atoms. The minimum Gasteiger partial charge on any atom is -0.496 e. The number of methoxy groups -OCH3 is 3. The van der Waals surface area contributed by atoms with E-state index in [4.69, 9.17) is 18.9 Å². The first-order valence-corrected chi connectivity index (χ1v) is 8.23. The van der Waals surface area contributed by atoms with E-state index >= 15 is 0 Å². The molecule has 0 aliphatic carbocycles. The van der Waals surface area contributed by atoms with Crippen molar-refractivity contribution >= 4 is 12.0 Å². The normalized spacial score (nSPS) is 10.8. The first-order chi connectivity index (χ1) is 13.3. The van der Waals surface area contributed by atoms with Crippen LogP contribution in [0.5, 0.6) is 17.2 Å². The maximum absolute atomic E-state index is 12.0. The van der Waals surface area contributed by atoms with Crippen LogP contribution >= 0.6 is 0 Å². The molecule has 0 saturated heterocycles. The zero-order valence-corrected chi connectivity index (χ0v) is 16.3. The van der Waals surface area contributed by atoms with E-state index in [2.05, 4.69) is 0 Å². The van der Waals surface area contributed by atoms with Gasteiger partial charge in [0.1, 0.15) is 12.4 Å². The van der Waals surface area contributed by atoms with Crippen molar-refractivity contribution in [1.29, 1.82) is 0 Å². The maximum Gasteiger partial charge on any atom is 0.331 e. The number of hydrogen-bond donors (Lipinski definition) is 0. The lowest BCUT2D eigenvalue weighted by Gasteiger charge is -2.12. The first-order valence-electron chi connectivity index (χ1n) is 8.23. The minimum absolute atomic E-state index is 0.214. The van der Waals surface area contributed by atoms with Crippen LogP contribution in [-0.2, 0) is 30.2 Å². The Morgan fingerprint density at radius 1 is 0.929 bits per heavy atom. The van der Waals surface area contributed by atoms with Crippen LogP contribution in [0.2, 0.25) is 0 Å². The molecule has 9 heteroatoms. The SMILES string of the molecule is COc1cc(OC)c(OC)cc1/C=C/C(=O)OCc1cc(=O)n(C)c(=O)n1C. The minimum atomic E-state index is -0.648. The van der Waals surface area contributed by atoms with E-state index in [0.29, 0.717) is 28.5 Å². The van der Waals surface area contributed by atoms with E-state index in [1.165, 1.54) is 58.2 Å². The van der Waals surface area contributed by atoms with Crippen LogP contribution in [0.4, 0.5) is 0 Å². The van der Waals surface area contributed by atoms with E-state index < -0.39 is 17.2 Å². The molecular formula is C19H22N2O7. The Morgan fingerprint density at radius 3 is 2.14 bits per heavy atom. The second-order valence-electron chi connectivity index (χ2n) is 5.76. The third-order valence-electron chi connectivity index (χ3n) is 4.12. The Bertz CT molecular complexity index is 1020. The van der Waals surface area contributed by atoms with Crippen LogP contribution in [0, 0.1) is 0 Å². The third kappa shape index (κ3) is 4.43. The molecule has 0 N–H and O–H groups in total. The van der Waals surface area contributed by atoms with Gasteiger partial charge in [-0.1, -0.05) is 0 Å². The summed E-state index contributed by atoms with van der Waals surface area (Å²) in [5.41, 5.74) is -0.0967. The average molecular weight is 390 g/mol. The number of carbonyl (C=O) groups is 1. The van der Waals surface area contributed by atoms with Crippen LogP contribution in [-0.4, -0.2) is 36.4 Å². The van der Waals surface area contributed by atoms with E-state index in [0.717, 1.165) is 4.57 Å². The van der Waals surface area contributed by atoms with Gasteiger partial charge in [0.25, 0.3) is 5.56 Å². The summed E-state index contributed by atoms with van der Waals surface area (Å²) in [4.78, 5) is 35.6. The van der Waals surface area contributed by atoms with Crippen molar-refractivity contribution in [2.24, 2.45) is 14.1 Å². The quantitative estimate of drug-likeness (QED) is 0.511. The molecular weight excluding hydrogens is 368 g/mol. The van der Waals surface area contributed by atoms with E-state index in [1.54, 1.807) is 12.1 Å². The number of esters is 1. The van der Waals surface area contributed by atoms with Gasteiger partial charge in [0.05, 0.1) is 27.0 Å². The first kappa shape index (κ1) is 20.8. The average Bonchev–Trinajstić information content (AvgIpc) is 2.71. The fourth-order valence-electron chi connectivity index (χ4n) is 2.45. The van der Waals surface area contributed by atoms with Crippen LogP contribution in [0.15, 0.2) is 33.9 Å². The Hall–Kier alpha value is -3.49. The number of benzene rings is 1. The molecule has 0 aliphatic heterocycles. The van der Waals surface area contributed by atoms with E-state index in [9.17, 15) is 14.4 Å². The molecule has 0 atom stereocenters. The molecule has 1 heterocycles. The number of aromatic nitrogens is 2. The highest BCUT2D eigenvalue weighted by atomic mass is 16.5. The van der Waals surface area contributed by atoms with Gasteiger partial charge >= 0.3 is 11.7 Å². The second-order valence-corrected chi connectivity index (χ2v) is 5.76. The number of rotatable bonds is 7. The van der Waals surface area contributed by atoms with Gasteiger partial charge in [0, 0.05) is 37.9 Å². The van der Waals surface area contributed by atoms with Gasteiger partial charge in [-0.3, -0.25) is 13.9 Å². The van der Waals surface area contributed by atoms with Crippen LogP contribution in [0.1, 0.15) is 11.3 Å². The van der Waals surface area contributed by atoms with Crippen molar-refractivity contribution in [2.75, 3.05) is 21.3 Å². The molecule has 0 bridgehead atoms. The topological polar surface area (TPSA) is 98.0 Å². The largest absolute Gasteiger partial charge is 0.496 e. The van der Waals surface area contributed by atoms with Gasteiger partial charge in [-0.25, -0.2) is 9.59 Å². The predicted octanol–water partition coefficient (Wildman–Crippen LogP) is 0.866. The summed E-state index contributed by atoms with van der Waals surface area (Å²) in [6.07, 6.45) is 2.72. The molecule has 0 spiro atoms. The van der Waals surface area contributed by atoms with Gasteiger partial charge < -0.3 is 18.9 Å². The molecule has 0 amide bonds. The van der Waals surface area contributed by atoms with Crippen molar-refractivity contribution in [1.82, 2.24) is 9.13 Å². The predicted molar refractivity (Wildman–Crippen MR) is 102 cm³/mol. The van der Waals surface area contributed by atoms with Crippen molar-refractivity contribution < 1.29 is 23.7 Å². The highest BCUT2D eigenvalue weighted by Crippen LogP contribution is 2.35. The maximum atomic E-state index is 12.0. The fraction of sp³-hybridized carbons (Fsp3) is 0.316. The summed E-state index contributed by atoms with van der Waals surface area (Å²) in [5, 5.41) is 0. The highest BCUT2D eigenvalue weighted by molar-refractivity contribution is 5.87. The van der Waals surface area contributed by atoms with Gasteiger partial charge in [-0.2, -0.15) is 0 Å². The second kappa shape index (κ2) is 8.94. The molecule has 0 unspecified atom stereocenters. The van der Waals surface area contributed by atoms with Gasteiger partial charge in [0.2, 0.25) is 0 Å². The smallest absolute Gasteiger partial charge is 0.331 e. The Balaban J connectivity index is 2.17. The zero-order chi connectivity index (χ0) is 20.8. The van der Waals surface area contributed by atoms with Crippen LogP contribution < -0.4 is 25.5 Å². The Morgan fingerprint density at radius 2 is 1.54 bits per heavy atom. The molecule has 0 saturated carbocycles. The molecule has 0 fully saturated rings. The summed E-state index contributed by atoms with van der Waals surface area (Å²) < 4.78 is 23.1. The van der Waals surface area contributed by atoms with Crippen LogP contribution in [0.3, 0.4) is 0 Å².